The monoisotopic (exact) mass is 316 g/mol. The SMILES string of the molecule is COc1cc(I)c(CC=C(C)C)cc1C. The molecule has 0 N–H and O–H groups in total. The highest BCUT2D eigenvalue weighted by Crippen LogP contribution is 2.24. The van der Waals surface area contributed by atoms with Gasteiger partial charge in [0.05, 0.1) is 7.11 Å². The summed E-state index contributed by atoms with van der Waals surface area (Å²) in [4.78, 5) is 0. The van der Waals surface area contributed by atoms with Crippen LogP contribution in [0.2, 0.25) is 0 Å². The Morgan fingerprint density at radius 2 is 2.07 bits per heavy atom. The predicted octanol–water partition coefficient (Wildman–Crippen LogP) is 4.12. The molecule has 82 valence electrons. The van der Waals surface area contributed by atoms with Crippen LogP contribution in [0.1, 0.15) is 25.0 Å². The molecule has 0 aliphatic rings. The normalized spacial score (nSPS) is 9.93. The van der Waals surface area contributed by atoms with Gasteiger partial charge in [0, 0.05) is 3.57 Å². The Kier molecular flexibility index (Phi) is 4.64. The number of halogens is 1. The first-order chi connectivity index (χ1) is 7.04. The van der Waals surface area contributed by atoms with Crippen molar-refractivity contribution in [1.29, 1.82) is 0 Å². The third-order valence-electron chi connectivity index (χ3n) is 2.29. The van der Waals surface area contributed by atoms with Crippen LogP contribution in [-0.4, -0.2) is 7.11 Å². The van der Waals surface area contributed by atoms with Gasteiger partial charge in [-0.2, -0.15) is 0 Å². The van der Waals surface area contributed by atoms with Gasteiger partial charge in [-0.1, -0.05) is 17.7 Å². The molecule has 0 heterocycles. The molecule has 0 spiro atoms. The number of methoxy groups -OCH3 is 1. The molecule has 0 atom stereocenters. The number of hydrogen-bond acceptors (Lipinski definition) is 1. The zero-order chi connectivity index (χ0) is 11.4. The molecule has 1 aromatic carbocycles. The van der Waals surface area contributed by atoms with Crippen LogP contribution < -0.4 is 4.74 Å². The molecule has 0 saturated carbocycles. The highest BCUT2D eigenvalue weighted by atomic mass is 127. The van der Waals surface area contributed by atoms with Crippen molar-refractivity contribution < 1.29 is 4.74 Å². The summed E-state index contributed by atoms with van der Waals surface area (Å²) in [5.74, 6) is 0.973. The lowest BCUT2D eigenvalue weighted by Crippen LogP contribution is -1.93. The largest absolute Gasteiger partial charge is 0.496 e. The van der Waals surface area contributed by atoms with Crippen LogP contribution in [0.5, 0.6) is 5.75 Å². The molecule has 2 heteroatoms. The number of ether oxygens (including phenoxy) is 1. The van der Waals surface area contributed by atoms with Gasteiger partial charge in [-0.25, -0.2) is 0 Å². The molecule has 0 fully saturated rings. The van der Waals surface area contributed by atoms with Crippen molar-refractivity contribution in [1.82, 2.24) is 0 Å². The summed E-state index contributed by atoms with van der Waals surface area (Å²) in [6.45, 7) is 6.34. The Labute approximate surface area is 106 Å². The van der Waals surface area contributed by atoms with E-state index in [1.54, 1.807) is 7.11 Å². The minimum Gasteiger partial charge on any atom is -0.496 e. The van der Waals surface area contributed by atoms with E-state index in [0.29, 0.717) is 0 Å². The smallest absolute Gasteiger partial charge is 0.122 e. The molecule has 0 aliphatic heterocycles. The van der Waals surface area contributed by atoms with E-state index in [1.165, 1.54) is 20.3 Å². The van der Waals surface area contributed by atoms with E-state index in [4.69, 9.17) is 4.74 Å². The second-order valence-corrected chi connectivity index (χ2v) is 5.06. The molecule has 0 aromatic heterocycles. The van der Waals surface area contributed by atoms with E-state index in [0.717, 1.165) is 12.2 Å². The maximum Gasteiger partial charge on any atom is 0.122 e. The fourth-order valence-electron chi connectivity index (χ4n) is 1.41. The van der Waals surface area contributed by atoms with Crippen LogP contribution in [0.4, 0.5) is 0 Å². The number of rotatable bonds is 3. The summed E-state index contributed by atoms with van der Waals surface area (Å²) in [6, 6.07) is 4.31. The molecule has 1 aromatic rings. The lowest BCUT2D eigenvalue weighted by atomic mass is 10.1. The first-order valence-electron chi connectivity index (χ1n) is 5.01. The summed E-state index contributed by atoms with van der Waals surface area (Å²) in [5, 5.41) is 0. The highest BCUT2D eigenvalue weighted by Gasteiger charge is 2.04. The lowest BCUT2D eigenvalue weighted by Gasteiger charge is -2.09. The molecular formula is C13H17IO. The maximum absolute atomic E-state index is 5.29. The van der Waals surface area contributed by atoms with Gasteiger partial charge in [0.25, 0.3) is 0 Å². The Balaban J connectivity index is 3.00. The maximum atomic E-state index is 5.29. The summed E-state index contributed by atoms with van der Waals surface area (Å²) in [5.41, 5.74) is 3.93. The molecule has 0 bridgehead atoms. The molecular weight excluding hydrogens is 299 g/mol. The Hall–Kier alpha value is -0.510. The van der Waals surface area contributed by atoms with E-state index >= 15 is 0 Å². The molecule has 0 aliphatic carbocycles. The fraction of sp³-hybridized carbons (Fsp3) is 0.385. The van der Waals surface area contributed by atoms with Crippen molar-refractivity contribution in [2.45, 2.75) is 27.2 Å². The molecule has 1 rings (SSSR count). The minimum atomic E-state index is 0.973. The summed E-state index contributed by atoms with van der Waals surface area (Å²) in [7, 11) is 1.72. The molecule has 0 saturated heterocycles. The lowest BCUT2D eigenvalue weighted by molar-refractivity contribution is 0.411. The van der Waals surface area contributed by atoms with Crippen molar-refractivity contribution in [2.75, 3.05) is 7.11 Å². The Morgan fingerprint density at radius 1 is 1.40 bits per heavy atom. The summed E-state index contributed by atoms with van der Waals surface area (Å²) < 4.78 is 6.56. The standard InChI is InChI=1S/C13H17IO/c1-9(2)5-6-11-7-10(3)13(15-4)8-12(11)14/h5,7-8H,6H2,1-4H3. The van der Waals surface area contributed by atoms with Gasteiger partial charge in [0.2, 0.25) is 0 Å². The third kappa shape index (κ3) is 3.52. The van der Waals surface area contributed by atoms with E-state index in [9.17, 15) is 0 Å². The van der Waals surface area contributed by atoms with Crippen LogP contribution in [0.15, 0.2) is 23.8 Å². The summed E-state index contributed by atoms with van der Waals surface area (Å²) in [6.07, 6.45) is 3.26. The number of allylic oxidation sites excluding steroid dienone is 2. The zero-order valence-corrected chi connectivity index (χ0v) is 11.9. The average molecular weight is 316 g/mol. The quantitative estimate of drug-likeness (QED) is 0.602. The third-order valence-corrected chi connectivity index (χ3v) is 3.30. The minimum absolute atomic E-state index is 0.973. The predicted molar refractivity (Wildman–Crippen MR) is 73.6 cm³/mol. The van der Waals surface area contributed by atoms with Crippen LogP contribution in [0.25, 0.3) is 0 Å². The Bertz CT molecular complexity index is 376. The van der Waals surface area contributed by atoms with Crippen molar-refractivity contribution in [3.8, 4) is 5.75 Å². The van der Waals surface area contributed by atoms with E-state index in [2.05, 4.69) is 61.6 Å². The second kappa shape index (κ2) is 5.54. The number of aryl methyl sites for hydroxylation is 1. The second-order valence-electron chi connectivity index (χ2n) is 3.90. The van der Waals surface area contributed by atoms with Crippen LogP contribution in [0.3, 0.4) is 0 Å². The van der Waals surface area contributed by atoms with Crippen molar-refractivity contribution >= 4 is 22.6 Å². The van der Waals surface area contributed by atoms with Crippen molar-refractivity contribution in [3.63, 3.8) is 0 Å². The number of benzene rings is 1. The highest BCUT2D eigenvalue weighted by molar-refractivity contribution is 14.1. The molecule has 1 nitrogen and oxygen atoms in total. The van der Waals surface area contributed by atoms with Gasteiger partial charge in [-0.15, -0.1) is 0 Å². The van der Waals surface area contributed by atoms with Crippen LogP contribution >= 0.6 is 22.6 Å². The first kappa shape index (κ1) is 12.6. The van der Waals surface area contributed by atoms with Crippen molar-refractivity contribution in [2.24, 2.45) is 0 Å². The van der Waals surface area contributed by atoms with Gasteiger partial charge < -0.3 is 4.74 Å². The zero-order valence-electron chi connectivity index (χ0n) is 9.73. The molecule has 0 radical (unpaired) electrons. The molecule has 0 amide bonds. The van der Waals surface area contributed by atoms with E-state index in [1.807, 2.05) is 0 Å². The number of hydrogen-bond donors (Lipinski definition) is 0. The van der Waals surface area contributed by atoms with Crippen molar-refractivity contribution in [3.05, 3.63) is 38.5 Å². The van der Waals surface area contributed by atoms with Crippen LogP contribution in [0, 0.1) is 10.5 Å². The van der Waals surface area contributed by atoms with E-state index < -0.39 is 0 Å². The molecule has 15 heavy (non-hydrogen) atoms. The Morgan fingerprint density at radius 3 is 2.60 bits per heavy atom. The first-order valence-corrected chi connectivity index (χ1v) is 6.09. The molecule has 0 unspecified atom stereocenters. The summed E-state index contributed by atoms with van der Waals surface area (Å²) >= 11 is 2.36. The fourth-order valence-corrected chi connectivity index (χ4v) is 2.07. The van der Waals surface area contributed by atoms with Gasteiger partial charge in [0.15, 0.2) is 0 Å². The van der Waals surface area contributed by atoms with Gasteiger partial charge in [-0.3, -0.25) is 0 Å². The van der Waals surface area contributed by atoms with Gasteiger partial charge in [-0.05, 0) is 67.0 Å². The van der Waals surface area contributed by atoms with Gasteiger partial charge in [0.1, 0.15) is 5.75 Å². The van der Waals surface area contributed by atoms with Gasteiger partial charge >= 0.3 is 0 Å². The van der Waals surface area contributed by atoms with Crippen LogP contribution in [-0.2, 0) is 6.42 Å². The topological polar surface area (TPSA) is 9.23 Å². The average Bonchev–Trinajstić information content (AvgIpc) is 2.18. The van der Waals surface area contributed by atoms with E-state index in [-0.39, 0.29) is 0 Å².